The van der Waals surface area contributed by atoms with Crippen LogP contribution in [0.4, 0.5) is 0 Å². The van der Waals surface area contributed by atoms with Crippen molar-refractivity contribution in [3.8, 4) is 0 Å². The predicted octanol–water partition coefficient (Wildman–Crippen LogP) is 1.94. The average molecular weight is 206 g/mol. The van der Waals surface area contributed by atoms with Crippen LogP contribution in [0.3, 0.4) is 0 Å². The summed E-state index contributed by atoms with van der Waals surface area (Å²) in [7, 11) is 0. The van der Waals surface area contributed by atoms with Gasteiger partial charge in [0.2, 0.25) is 0 Å². The van der Waals surface area contributed by atoms with Crippen molar-refractivity contribution >= 4 is 0 Å². The summed E-state index contributed by atoms with van der Waals surface area (Å²) in [6.07, 6.45) is 1.90. The molecule has 1 unspecified atom stereocenters. The van der Waals surface area contributed by atoms with Crippen molar-refractivity contribution < 1.29 is 9.84 Å². The molecule has 82 valence electrons. The lowest BCUT2D eigenvalue weighted by Crippen LogP contribution is -2.28. The lowest BCUT2D eigenvalue weighted by molar-refractivity contribution is 0.0934. The highest BCUT2D eigenvalue weighted by atomic mass is 16.5. The second-order valence-corrected chi connectivity index (χ2v) is 4.56. The van der Waals surface area contributed by atoms with Crippen molar-refractivity contribution in [2.45, 2.75) is 19.8 Å². The van der Waals surface area contributed by atoms with E-state index in [2.05, 4.69) is 31.2 Å². The van der Waals surface area contributed by atoms with E-state index in [-0.39, 0.29) is 12.0 Å². The van der Waals surface area contributed by atoms with E-state index in [9.17, 15) is 5.11 Å². The summed E-state index contributed by atoms with van der Waals surface area (Å²) in [5.74, 6) is 0. The second-order valence-electron chi connectivity index (χ2n) is 4.56. The molecule has 0 saturated carbocycles. The monoisotopic (exact) mass is 206 g/mol. The van der Waals surface area contributed by atoms with Crippen LogP contribution in [0.15, 0.2) is 24.3 Å². The second kappa shape index (κ2) is 4.33. The normalized spacial score (nSPS) is 25.7. The zero-order valence-electron chi connectivity index (χ0n) is 9.20. The van der Waals surface area contributed by atoms with Crippen LogP contribution in [0.5, 0.6) is 0 Å². The molecule has 0 spiro atoms. The lowest BCUT2D eigenvalue weighted by atomic mass is 9.81. The number of aryl methyl sites for hydroxylation is 1. The van der Waals surface area contributed by atoms with Gasteiger partial charge in [0.05, 0.1) is 13.2 Å². The molecule has 0 bridgehead atoms. The molecule has 1 fully saturated rings. The van der Waals surface area contributed by atoms with Gasteiger partial charge in [0.15, 0.2) is 0 Å². The van der Waals surface area contributed by atoms with Gasteiger partial charge in [-0.3, -0.25) is 0 Å². The highest BCUT2D eigenvalue weighted by Crippen LogP contribution is 2.32. The van der Waals surface area contributed by atoms with Crippen LogP contribution in [0.2, 0.25) is 0 Å². The Hall–Kier alpha value is -0.860. The predicted molar refractivity (Wildman–Crippen MR) is 59.8 cm³/mol. The molecular weight excluding hydrogens is 188 g/mol. The van der Waals surface area contributed by atoms with E-state index < -0.39 is 0 Å². The van der Waals surface area contributed by atoms with Gasteiger partial charge in [-0.1, -0.05) is 24.3 Å². The Morgan fingerprint density at radius 2 is 2.20 bits per heavy atom. The fourth-order valence-electron chi connectivity index (χ4n) is 2.18. The topological polar surface area (TPSA) is 29.5 Å². The van der Waals surface area contributed by atoms with Gasteiger partial charge in [-0.25, -0.2) is 0 Å². The molecule has 0 radical (unpaired) electrons. The Labute approximate surface area is 90.9 Å². The first-order chi connectivity index (χ1) is 7.26. The van der Waals surface area contributed by atoms with Crippen molar-refractivity contribution in [2.75, 3.05) is 19.8 Å². The van der Waals surface area contributed by atoms with Crippen molar-refractivity contribution in [1.29, 1.82) is 0 Å². The third-order valence-corrected chi connectivity index (χ3v) is 3.35. The summed E-state index contributed by atoms with van der Waals surface area (Å²) in [6.45, 7) is 3.82. The molecule has 0 aliphatic carbocycles. The first-order valence-electron chi connectivity index (χ1n) is 5.49. The van der Waals surface area contributed by atoms with Crippen molar-refractivity contribution in [1.82, 2.24) is 0 Å². The van der Waals surface area contributed by atoms with Crippen LogP contribution < -0.4 is 0 Å². The van der Waals surface area contributed by atoms with E-state index in [1.807, 2.05) is 0 Å². The van der Waals surface area contributed by atoms with Crippen LogP contribution in [0, 0.1) is 12.3 Å². The van der Waals surface area contributed by atoms with E-state index >= 15 is 0 Å². The van der Waals surface area contributed by atoms with Crippen LogP contribution in [0.25, 0.3) is 0 Å². The minimum Gasteiger partial charge on any atom is -0.396 e. The SMILES string of the molecule is Cc1ccccc1CC1(CO)CCOC1. The third kappa shape index (κ3) is 2.21. The van der Waals surface area contributed by atoms with Gasteiger partial charge in [0, 0.05) is 12.0 Å². The molecule has 15 heavy (non-hydrogen) atoms. The maximum atomic E-state index is 9.49. The van der Waals surface area contributed by atoms with Crippen LogP contribution in [-0.4, -0.2) is 24.9 Å². The van der Waals surface area contributed by atoms with E-state index in [1.165, 1.54) is 11.1 Å². The van der Waals surface area contributed by atoms with Gasteiger partial charge in [-0.15, -0.1) is 0 Å². The van der Waals surface area contributed by atoms with Crippen molar-refractivity contribution in [3.05, 3.63) is 35.4 Å². The minimum atomic E-state index is -0.0356. The first-order valence-corrected chi connectivity index (χ1v) is 5.49. The van der Waals surface area contributed by atoms with Gasteiger partial charge in [0.25, 0.3) is 0 Å². The fraction of sp³-hybridized carbons (Fsp3) is 0.538. The molecule has 0 amide bonds. The summed E-state index contributed by atoms with van der Waals surface area (Å²) in [5.41, 5.74) is 2.60. The Balaban J connectivity index is 2.16. The molecular formula is C13H18O2. The van der Waals surface area contributed by atoms with E-state index in [0.717, 1.165) is 19.4 Å². The van der Waals surface area contributed by atoms with E-state index in [1.54, 1.807) is 0 Å². The summed E-state index contributed by atoms with van der Waals surface area (Å²) in [5, 5.41) is 9.49. The van der Waals surface area contributed by atoms with E-state index in [4.69, 9.17) is 4.74 Å². The smallest absolute Gasteiger partial charge is 0.0548 e. The van der Waals surface area contributed by atoms with Gasteiger partial charge in [-0.2, -0.15) is 0 Å². The Morgan fingerprint density at radius 1 is 1.40 bits per heavy atom. The number of aliphatic hydroxyl groups is 1. The molecule has 2 rings (SSSR count). The molecule has 1 heterocycles. The molecule has 1 aromatic rings. The van der Waals surface area contributed by atoms with Gasteiger partial charge >= 0.3 is 0 Å². The number of benzene rings is 1. The maximum absolute atomic E-state index is 9.49. The number of hydrogen-bond donors (Lipinski definition) is 1. The third-order valence-electron chi connectivity index (χ3n) is 3.35. The summed E-state index contributed by atoms with van der Waals surface area (Å²) < 4.78 is 5.40. The number of hydrogen-bond acceptors (Lipinski definition) is 2. The maximum Gasteiger partial charge on any atom is 0.0548 e. The number of rotatable bonds is 3. The molecule has 1 atom stereocenters. The zero-order valence-corrected chi connectivity index (χ0v) is 9.20. The number of ether oxygens (including phenoxy) is 1. The molecule has 0 aromatic heterocycles. The molecule has 1 aromatic carbocycles. The largest absolute Gasteiger partial charge is 0.396 e. The summed E-state index contributed by atoms with van der Waals surface area (Å²) >= 11 is 0. The Bertz CT molecular complexity index is 327. The Kier molecular flexibility index (Phi) is 3.08. The minimum absolute atomic E-state index is 0.0356. The fourth-order valence-corrected chi connectivity index (χ4v) is 2.18. The quantitative estimate of drug-likeness (QED) is 0.819. The van der Waals surface area contributed by atoms with Crippen LogP contribution >= 0.6 is 0 Å². The van der Waals surface area contributed by atoms with Crippen molar-refractivity contribution in [2.24, 2.45) is 5.41 Å². The zero-order chi connectivity index (χ0) is 10.7. The Morgan fingerprint density at radius 3 is 2.80 bits per heavy atom. The molecule has 2 nitrogen and oxygen atoms in total. The van der Waals surface area contributed by atoms with Gasteiger partial charge in [0.1, 0.15) is 0 Å². The van der Waals surface area contributed by atoms with E-state index in [0.29, 0.717) is 6.61 Å². The lowest BCUT2D eigenvalue weighted by Gasteiger charge is -2.25. The molecule has 1 aliphatic rings. The molecule has 1 aliphatic heterocycles. The number of aliphatic hydroxyl groups excluding tert-OH is 1. The highest BCUT2D eigenvalue weighted by molar-refractivity contribution is 5.27. The molecule has 2 heteroatoms. The molecule has 1 saturated heterocycles. The standard InChI is InChI=1S/C13H18O2/c1-11-4-2-3-5-12(11)8-13(9-14)6-7-15-10-13/h2-5,14H,6-10H2,1H3. The molecule has 1 N–H and O–H groups in total. The average Bonchev–Trinajstić information content (AvgIpc) is 2.71. The van der Waals surface area contributed by atoms with Crippen LogP contribution in [0.1, 0.15) is 17.5 Å². The van der Waals surface area contributed by atoms with Gasteiger partial charge in [-0.05, 0) is 30.9 Å². The highest BCUT2D eigenvalue weighted by Gasteiger charge is 2.34. The summed E-state index contributed by atoms with van der Waals surface area (Å²) in [6, 6.07) is 8.38. The van der Waals surface area contributed by atoms with Crippen LogP contribution in [-0.2, 0) is 11.2 Å². The summed E-state index contributed by atoms with van der Waals surface area (Å²) in [4.78, 5) is 0. The van der Waals surface area contributed by atoms with Crippen molar-refractivity contribution in [3.63, 3.8) is 0 Å². The first kappa shape index (κ1) is 10.7. The van der Waals surface area contributed by atoms with Gasteiger partial charge < -0.3 is 9.84 Å².